The normalized spacial score (nSPS) is 11.8. The Labute approximate surface area is 194 Å². The number of methoxy groups -OCH3 is 1. The summed E-state index contributed by atoms with van der Waals surface area (Å²) in [5.41, 5.74) is 3.71. The van der Waals surface area contributed by atoms with Gasteiger partial charge < -0.3 is 9.47 Å². The third-order valence-corrected chi connectivity index (χ3v) is 6.07. The van der Waals surface area contributed by atoms with Crippen LogP contribution in [0.5, 0.6) is 11.5 Å². The summed E-state index contributed by atoms with van der Waals surface area (Å²) in [6.07, 6.45) is 10.5. The van der Waals surface area contributed by atoms with E-state index in [-0.39, 0.29) is 5.92 Å². The average Bonchev–Trinajstić information content (AvgIpc) is 2.85. The predicted molar refractivity (Wildman–Crippen MR) is 135 cm³/mol. The molecule has 1 unspecified atom stereocenters. The lowest BCUT2D eigenvalue weighted by molar-refractivity contribution is 0.301. The monoisotopic (exact) mass is 430 g/mol. The molecular formula is C30H38O2. The van der Waals surface area contributed by atoms with Crippen molar-refractivity contribution in [1.82, 2.24) is 0 Å². The van der Waals surface area contributed by atoms with Gasteiger partial charge in [0, 0.05) is 11.5 Å². The van der Waals surface area contributed by atoms with Crippen molar-refractivity contribution in [3.63, 3.8) is 0 Å². The van der Waals surface area contributed by atoms with Crippen molar-refractivity contribution >= 4 is 0 Å². The van der Waals surface area contributed by atoms with Gasteiger partial charge in [-0.1, -0.05) is 113 Å². The Morgan fingerprint density at radius 1 is 0.625 bits per heavy atom. The summed E-state index contributed by atoms with van der Waals surface area (Å²) in [5.74, 6) is 1.98. The summed E-state index contributed by atoms with van der Waals surface area (Å²) in [6.45, 7) is 3.04. The molecule has 0 aliphatic rings. The molecule has 0 aliphatic heterocycles. The van der Waals surface area contributed by atoms with E-state index < -0.39 is 0 Å². The summed E-state index contributed by atoms with van der Waals surface area (Å²) >= 11 is 0. The predicted octanol–water partition coefficient (Wildman–Crippen LogP) is 8.39. The average molecular weight is 431 g/mol. The van der Waals surface area contributed by atoms with Crippen molar-refractivity contribution in [2.24, 2.45) is 0 Å². The van der Waals surface area contributed by atoms with Gasteiger partial charge in [-0.15, -0.1) is 0 Å². The van der Waals surface area contributed by atoms with Gasteiger partial charge in [-0.25, -0.2) is 0 Å². The van der Waals surface area contributed by atoms with Crippen LogP contribution in [0.25, 0.3) is 0 Å². The molecule has 0 heterocycles. The van der Waals surface area contributed by atoms with Gasteiger partial charge in [-0.3, -0.25) is 0 Å². The van der Waals surface area contributed by atoms with Crippen molar-refractivity contribution in [2.75, 3.05) is 13.7 Å². The zero-order valence-electron chi connectivity index (χ0n) is 19.8. The first kappa shape index (κ1) is 23.9. The van der Waals surface area contributed by atoms with Gasteiger partial charge >= 0.3 is 0 Å². The molecule has 0 saturated heterocycles. The lowest BCUT2D eigenvalue weighted by Crippen LogP contribution is -2.07. The number of ether oxygens (including phenoxy) is 2. The highest BCUT2D eigenvalue weighted by atomic mass is 16.5. The van der Waals surface area contributed by atoms with E-state index in [0.29, 0.717) is 0 Å². The highest BCUT2D eigenvalue weighted by Crippen LogP contribution is 2.37. The summed E-state index contributed by atoms with van der Waals surface area (Å²) in [6, 6.07) is 27.6. The molecule has 0 radical (unpaired) electrons. The van der Waals surface area contributed by atoms with E-state index in [1.54, 1.807) is 7.11 Å². The van der Waals surface area contributed by atoms with Gasteiger partial charge in [-0.2, -0.15) is 0 Å². The Balaban J connectivity index is 1.68. The van der Waals surface area contributed by atoms with Crippen LogP contribution in [0, 0.1) is 0 Å². The van der Waals surface area contributed by atoms with Crippen LogP contribution in [-0.2, 0) is 0 Å². The minimum atomic E-state index is 0.122. The SMILES string of the molecule is CCCCCCCCCCOc1ccccc1C(c1ccccc1)c1ccc(OC)cc1. The van der Waals surface area contributed by atoms with Crippen LogP contribution >= 0.6 is 0 Å². The smallest absolute Gasteiger partial charge is 0.123 e. The molecule has 0 amide bonds. The number of benzene rings is 3. The number of rotatable bonds is 14. The summed E-state index contributed by atoms with van der Waals surface area (Å²) in [7, 11) is 1.71. The van der Waals surface area contributed by atoms with Crippen molar-refractivity contribution < 1.29 is 9.47 Å². The van der Waals surface area contributed by atoms with E-state index in [1.807, 2.05) is 12.1 Å². The maximum Gasteiger partial charge on any atom is 0.123 e. The Bertz CT molecular complexity index is 886. The highest BCUT2D eigenvalue weighted by Gasteiger charge is 2.20. The molecule has 170 valence electrons. The van der Waals surface area contributed by atoms with Gasteiger partial charge in [0.15, 0.2) is 0 Å². The van der Waals surface area contributed by atoms with Gasteiger partial charge in [0.25, 0.3) is 0 Å². The minimum absolute atomic E-state index is 0.122. The number of hydrogen-bond acceptors (Lipinski definition) is 2. The molecule has 0 aliphatic carbocycles. The molecule has 0 N–H and O–H groups in total. The van der Waals surface area contributed by atoms with Crippen LogP contribution in [0.15, 0.2) is 78.9 Å². The molecule has 0 bridgehead atoms. The number of unbranched alkanes of at least 4 members (excludes halogenated alkanes) is 7. The van der Waals surface area contributed by atoms with Gasteiger partial charge in [0.1, 0.15) is 11.5 Å². The molecule has 0 fully saturated rings. The zero-order valence-corrected chi connectivity index (χ0v) is 19.8. The second-order valence-corrected chi connectivity index (χ2v) is 8.48. The fourth-order valence-corrected chi connectivity index (χ4v) is 4.26. The first-order chi connectivity index (χ1) is 15.8. The molecule has 0 aromatic heterocycles. The molecule has 0 spiro atoms. The second kappa shape index (κ2) is 13.6. The van der Waals surface area contributed by atoms with E-state index in [4.69, 9.17) is 9.47 Å². The quantitative estimate of drug-likeness (QED) is 0.189. The standard InChI is InChI=1S/C30H38O2/c1-3-4-5-6-7-8-9-15-24-32-29-19-14-13-18-28(29)30(25-16-11-10-12-17-25)26-20-22-27(31-2)23-21-26/h10-14,16-23,30H,3-9,15,24H2,1-2H3. The Morgan fingerprint density at radius 3 is 1.91 bits per heavy atom. The van der Waals surface area contributed by atoms with E-state index >= 15 is 0 Å². The lowest BCUT2D eigenvalue weighted by atomic mass is 9.84. The van der Waals surface area contributed by atoms with Crippen LogP contribution in [0.2, 0.25) is 0 Å². The molecule has 0 saturated carbocycles. The topological polar surface area (TPSA) is 18.5 Å². The van der Waals surface area contributed by atoms with Crippen LogP contribution in [-0.4, -0.2) is 13.7 Å². The minimum Gasteiger partial charge on any atom is -0.497 e. The van der Waals surface area contributed by atoms with Crippen LogP contribution in [0.1, 0.15) is 80.9 Å². The van der Waals surface area contributed by atoms with E-state index in [1.165, 1.54) is 61.6 Å². The summed E-state index contributed by atoms with van der Waals surface area (Å²) < 4.78 is 11.7. The van der Waals surface area contributed by atoms with E-state index in [2.05, 4.69) is 73.7 Å². The van der Waals surface area contributed by atoms with Crippen LogP contribution in [0.3, 0.4) is 0 Å². The largest absolute Gasteiger partial charge is 0.497 e. The molecular weight excluding hydrogens is 392 g/mol. The molecule has 3 rings (SSSR count). The first-order valence-electron chi connectivity index (χ1n) is 12.2. The molecule has 3 aromatic carbocycles. The van der Waals surface area contributed by atoms with Gasteiger partial charge in [-0.05, 0) is 35.7 Å². The zero-order chi connectivity index (χ0) is 22.4. The first-order valence-corrected chi connectivity index (χ1v) is 12.2. The molecule has 2 nitrogen and oxygen atoms in total. The Morgan fingerprint density at radius 2 is 1.22 bits per heavy atom. The van der Waals surface area contributed by atoms with Crippen molar-refractivity contribution in [2.45, 2.75) is 64.2 Å². The van der Waals surface area contributed by atoms with Gasteiger partial charge in [0.05, 0.1) is 13.7 Å². The lowest BCUT2D eigenvalue weighted by Gasteiger charge is -2.22. The second-order valence-electron chi connectivity index (χ2n) is 8.48. The maximum absolute atomic E-state index is 6.33. The van der Waals surface area contributed by atoms with E-state index in [9.17, 15) is 0 Å². The van der Waals surface area contributed by atoms with Crippen LogP contribution in [0.4, 0.5) is 0 Å². The molecule has 32 heavy (non-hydrogen) atoms. The third kappa shape index (κ3) is 7.15. The fraction of sp³-hybridized carbons (Fsp3) is 0.400. The third-order valence-electron chi connectivity index (χ3n) is 6.07. The van der Waals surface area contributed by atoms with Crippen LogP contribution < -0.4 is 9.47 Å². The highest BCUT2D eigenvalue weighted by molar-refractivity contribution is 5.49. The maximum atomic E-state index is 6.33. The fourth-order valence-electron chi connectivity index (χ4n) is 4.26. The Kier molecular flexibility index (Phi) is 10.2. The number of hydrogen-bond donors (Lipinski definition) is 0. The van der Waals surface area contributed by atoms with Gasteiger partial charge in [0.2, 0.25) is 0 Å². The van der Waals surface area contributed by atoms with Crippen molar-refractivity contribution in [3.05, 3.63) is 95.6 Å². The van der Waals surface area contributed by atoms with Crippen molar-refractivity contribution in [1.29, 1.82) is 0 Å². The summed E-state index contributed by atoms with van der Waals surface area (Å²) in [4.78, 5) is 0. The van der Waals surface area contributed by atoms with E-state index in [0.717, 1.165) is 24.5 Å². The molecule has 2 heteroatoms. The number of para-hydroxylation sites is 1. The summed E-state index contributed by atoms with van der Waals surface area (Å²) in [5, 5.41) is 0. The Hall–Kier alpha value is -2.74. The molecule has 3 aromatic rings. The van der Waals surface area contributed by atoms with Crippen molar-refractivity contribution in [3.8, 4) is 11.5 Å². The molecule has 1 atom stereocenters.